The molecule has 1 aliphatic carbocycles. The molecule has 2 aromatic carbocycles. The second kappa shape index (κ2) is 7.30. The van der Waals surface area contributed by atoms with E-state index in [1.165, 1.54) is 11.1 Å². The lowest BCUT2D eigenvalue weighted by atomic mass is 10.1. The van der Waals surface area contributed by atoms with Crippen LogP contribution in [0.1, 0.15) is 29.2 Å². The van der Waals surface area contributed by atoms with E-state index in [9.17, 15) is 9.59 Å². The van der Waals surface area contributed by atoms with Crippen molar-refractivity contribution in [1.82, 2.24) is 10.2 Å². The number of fused-ring (bicyclic) bond motifs is 1. The Balaban J connectivity index is 1.53. The number of nitrogens with one attached hydrogen (secondary N) is 1. The standard InChI is InChI=1S/C20H22N2O2/c1-22(18-12-11-16-9-5-6-10-17(16)18)20(24)14-21-19(23)13-15-7-3-2-4-8-15/h2-10,18H,11-14H2,1H3,(H,21,23). The third-order valence-electron chi connectivity index (χ3n) is 4.61. The van der Waals surface area contributed by atoms with Gasteiger partial charge in [0.2, 0.25) is 11.8 Å². The minimum Gasteiger partial charge on any atom is -0.347 e. The zero-order valence-corrected chi connectivity index (χ0v) is 13.9. The van der Waals surface area contributed by atoms with E-state index in [0.717, 1.165) is 18.4 Å². The molecule has 124 valence electrons. The van der Waals surface area contributed by atoms with Crippen LogP contribution in [0.25, 0.3) is 0 Å². The molecule has 1 aliphatic rings. The van der Waals surface area contributed by atoms with Crippen LogP contribution in [-0.4, -0.2) is 30.3 Å². The van der Waals surface area contributed by atoms with Gasteiger partial charge >= 0.3 is 0 Å². The van der Waals surface area contributed by atoms with Gasteiger partial charge in [0.15, 0.2) is 0 Å². The first-order valence-electron chi connectivity index (χ1n) is 8.29. The van der Waals surface area contributed by atoms with Gasteiger partial charge in [0.25, 0.3) is 0 Å². The Labute approximate surface area is 142 Å². The minimum absolute atomic E-state index is 0.0425. The van der Waals surface area contributed by atoms with Crippen molar-refractivity contribution in [3.8, 4) is 0 Å². The molecule has 0 aliphatic heterocycles. The number of aryl methyl sites for hydroxylation is 1. The van der Waals surface area contributed by atoms with Crippen molar-refractivity contribution < 1.29 is 9.59 Å². The lowest BCUT2D eigenvalue weighted by Gasteiger charge is -2.25. The fourth-order valence-electron chi connectivity index (χ4n) is 3.25. The van der Waals surface area contributed by atoms with Crippen LogP contribution in [0.4, 0.5) is 0 Å². The summed E-state index contributed by atoms with van der Waals surface area (Å²) < 4.78 is 0. The molecule has 1 atom stereocenters. The molecule has 4 nitrogen and oxygen atoms in total. The van der Waals surface area contributed by atoms with Crippen LogP contribution in [0.15, 0.2) is 54.6 Å². The van der Waals surface area contributed by atoms with Gasteiger partial charge in [0.1, 0.15) is 0 Å². The Morgan fingerprint density at radius 2 is 1.79 bits per heavy atom. The number of carbonyl (C=O) groups is 2. The number of hydrogen-bond donors (Lipinski definition) is 1. The Hall–Kier alpha value is -2.62. The van der Waals surface area contributed by atoms with Crippen LogP contribution in [0.5, 0.6) is 0 Å². The predicted octanol–water partition coefficient (Wildman–Crippen LogP) is 2.49. The van der Waals surface area contributed by atoms with Crippen molar-refractivity contribution in [3.05, 3.63) is 71.3 Å². The van der Waals surface area contributed by atoms with Crippen molar-refractivity contribution in [2.75, 3.05) is 13.6 Å². The summed E-state index contributed by atoms with van der Waals surface area (Å²) in [6.07, 6.45) is 2.24. The van der Waals surface area contributed by atoms with Gasteiger partial charge in [-0.1, -0.05) is 54.6 Å². The van der Waals surface area contributed by atoms with Gasteiger partial charge in [-0.15, -0.1) is 0 Å². The monoisotopic (exact) mass is 322 g/mol. The molecule has 0 aromatic heterocycles. The molecule has 1 N–H and O–H groups in total. The Morgan fingerprint density at radius 3 is 2.58 bits per heavy atom. The van der Waals surface area contributed by atoms with Gasteiger partial charge in [-0.05, 0) is 29.5 Å². The summed E-state index contributed by atoms with van der Waals surface area (Å²) in [4.78, 5) is 26.1. The lowest BCUT2D eigenvalue weighted by Crippen LogP contribution is -2.40. The summed E-state index contributed by atoms with van der Waals surface area (Å²) in [5.74, 6) is -0.187. The van der Waals surface area contributed by atoms with E-state index in [0.29, 0.717) is 6.42 Å². The summed E-state index contributed by atoms with van der Waals surface area (Å²) in [5.41, 5.74) is 3.49. The Bertz CT molecular complexity index is 727. The van der Waals surface area contributed by atoms with E-state index in [1.54, 1.807) is 4.90 Å². The number of likely N-dealkylation sites (N-methyl/N-ethyl adjacent to an activating group) is 1. The first-order valence-corrected chi connectivity index (χ1v) is 8.29. The minimum atomic E-state index is -0.130. The van der Waals surface area contributed by atoms with Crippen LogP contribution >= 0.6 is 0 Å². The van der Waals surface area contributed by atoms with E-state index >= 15 is 0 Å². The van der Waals surface area contributed by atoms with E-state index in [-0.39, 0.29) is 24.4 Å². The largest absolute Gasteiger partial charge is 0.347 e. The molecule has 0 heterocycles. The summed E-state index contributed by atoms with van der Waals surface area (Å²) in [7, 11) is 1.82. The molecular weight excluding hydrogens is 300 g/mol. The maximum absolute atomic E-state index is 12.4. The topological polar surface area (TPSA) is 49.4 Å². The molecule has 0 saturated carbocycles. The lowest BCUT2D eigenvalue weighted by molar-refractivity contribution is -0.133. The molecule has 0 saturated heterocycles. The van der Waals surface area contributed by atoms with Crippen LogP contribution < -0.4 is 5.32 Å². The fraction of sp³-hybridized carbons (Fsp3) is 0.300. The smallest absolute Gasteiger partial charge is 0.242 e. The Kier molecular flexibility index (Phi) is 4.94. The zero-order chi connectivity index (χ0) is 16.9. The molecule has 24 heavy (non-hydrogen) atoms. The van der Waals surface area contributed by atoms with Crippen molar-refractivity contribution in [1.29, 1.82) is 0 Å². The maximum Gasteiger partial charge on any atom is 0.242 e. The Morgan fingerprint density at radius 1 is 1.08 bits per heavy atom. The number of benzene rings is 2. The number of carbonyl (C=O) groups excluding carboxylic acids is 2. The maximum atomic E-state index is 12.4. The molecule has 2 amide bonds. The van der Waals surface area contributed by atoms with Gasteiger partial charge in [-0.3, -0.25) is 9.59 Å². The first-order chi connectivity index (χ1) is 11.6. The molecule has 2 aromatic rings. The van der Waals surface area contributed by atoms with Crippen molar-refractivity contribution >= 4 is 11.8 Å². The predicted molar refractivity (Wildman–Crippen MR) is 93.4 cm³/mol. The van der Waals surface area contributed by atoms with E-state index in [2.05, 4.69) is 17.4 Å². The molecule has 0 fully saturated rings. The third kappa shape index (κ3) is 3.65. The molecule has 1 unspecified atom stereocenters. The summed E-state index contributed by atoms with van der Waals surface area (Å²) in [5, 5.41) is 2.73. The van der Waals surface area contributed by atoms with Gasteiger partial charge in [0, 0.05) is 7.05 Å². The normalized spacial score (nSPS) is 15.6. The van der Waals surface area contributed by atoms with Crippen molar-refractivity contribution in [2.45, 2.75) is 25.3 Å². The number of rotatable bonds is 5. The highest BCUT2D eigenvalue weighted by Crippen LogP contribution is 2.34. The second-order valence-corrected chi connectivity index (χ2v) is 6.20. The molecule has 0 spiro atoms. The highest BCUT2D eigenvalue weighted by atomic mass is 16.2. The molecule has 0 bridgehead atoms. The van der Waals surface area contributed by atoms with Gasteiger partial charge in [-0.25, -0.2) is 0 Å². The molecular formula is C20H22N2O2. The number of hydrogen-bond acceptors (Lipinski definition) is 2. The van der Waals surface area contributed by atoms with Crippen molar-refractivity contribution in [2.24, 2.45) is 0 Å². The molecule has 0 radical (unpaired) electrons. The van der Waals surface area contributed by atoms with Gasteiger partial charge < -0.3 is 10.2 Å². The SMILES string of the molecule is CN(C(=O)CNC(=O)Cc1ccccc1)C1CCc2ccccc21. The summed E-state index contributed by atoms with van der Waals surface area (Å²) >= 11 is 0. The highest BCUT2D eigenvalue weighted by molar-refractivity contribution is 5.85. The summed E-state index contributed by atoms with van der Waals surface area (Å²) in [6.45, 7) is 0.0425. The molecule has 3 rings (SSSR count). The van der Waals surface area contributed by atoms with Gasteiger partial charge in [-0.2, -0.15) is 0 Å². The van der Waals surface area contributed by atoms with Crippen LogP contribution in [0.3, 0.4) is 0 Å². The average molecular weight is 322 g/mol. The third-order valence-corrected chi connectivity index (χ3v) is 4.61. The fourth-order valence-corrected chi connectivity index (χ4v) is 3.25. The van der Waals surface area contributed by atoms with Crippen LogP contribution in [-0.2, 0) is 22.4 Å². The molecule has 4 heteroatoms. The van der Waals surface area contributed by atoms with E-state index in [1.807, 2.05) is 49.5 Å². The van der Waals surface area contributed by atoms with Crippen molar-refractivity contribution in [3.63, 3.8) is 0 Å². The van der Waals surface area contributed by atoms with Gasteiger partial charge in [0.05, 0.1) is 19.0 Å². The summed E-state index contributed by atoms with van der Waals surface area (Å²) in [6, 6.07) is 17.9. The average Bonchev–Trinajstić information content (AvgIpc) is 3.04. The van der Waals surface area contributed by atoms with Crippen LogP contribution in [0.2, 0.25) is 0 Å². The number of amides is 2. The zero-order valence-electron chi connectivity index (χ0n) is 13.9. The quantitative estimate of drug-likeness (QED) is 0.919. The second-order valence-electron chi connectivity index (χ2n) is 6.20. The van der Waals surface area contributed by atoms with E-state index in [4.69, 9.17) is 0 Å². The number of nitrogens with zero attached hydrogens (tertiary/aromatic N) is 1. The van der Waals surface area contributed by atoms with E-state index < -0.39 is 0 Å². The first kappa shape index (κ1) is 16.2. The highest BCUT2D eigenvalue weighted by Gasteiger charge is 2.28. The van der Waals surface area contributed by atoms with Crippen LogP contribution in [0, 0.1) is 0 Å².